The zero-order valence-electron chi connectivity index (χ0n) is 7.77. The maximum Gasteiger partial charge on any atom is 0.113 e. The van der Waals surface area contributed by atoms with Crippen molar-refractivity contribution >= 4 is 33.6 Å². The van der Waals surface area contributed by atoms with Crippen molar-refractivity contribution in [2.24, 2.45) is 0 Å². The first-order valence-corrected chi connectivity index (χ1v) is 5.37. The predicted molar refractivity (Wildman–Crippen MR) is 62.1 cm³/mol. The van der Waals surface area contributed by atoms with E-state index in [4.69, 9.17) is 4.74 Å². The second-order valence-electron chi connectivity index (χ2n) is 2.94. The minimum Gasteiger partial charge on any atom is -0.383 e. The van der Waals surface area contributed by atoms with Crippen molar-refractivity contribution in [1.82, 2.24) is 15.0 Å². The van der Waals surface area contributed by atoms with Crippen LogP contribution in [0.1, 0.15) is 0 Å². The number of hydrogen-bond donors (Lipinski definition) is 0. The molecule has 2 rings (SSSR count). The molecule has 5 heteroatoms. The fourth-order valence-corrected chi connectivity index (χ4v) is 1.76. The van der Waals surface area contributed by atoms with E-state index in [1.807, 2.05) is 16.8 Å². The van der Waals surface area contributed by atoms with Gasteiger partial charge in [-0.3, -0.25) is 0 Å². The summed E-state index contributed by atoms with van der Waals surface area (Å²) in [6.45, 7) is 1.40. The Kier molecular flexibility index (Phi) is 2.97. The molecular formula is C9H10IN3O. The lowest BCUT2D eigenvalue weighted by molar-refractivity contribution is 0.184. The van der Waals surface area contributed by atoms with Crippen LogP contribution in [0.15, 0.2) is 18.2 Å². The molecule has 0 fully saturated rings. The molecule has 1 heterocycles. The number of ether oxygens (including phenoxy) is 1. The Balaban J connectivity index is 2.40. The van der Waals surface area contributed by atoms with Crippen LogP contribution >= 0.6 is 22.6 Å². The summed E-state index contributed by atoms with van der Waals surface area (Å²) in [6, 6.07) is 6.08. The van der Waals surface area contributed by atoms with Crippen molar-refractivity contribution in [3.05, 3.63) is 21.8 Å². The van der Waals surface area contributed by atoms with Crippen LogP contribution in [0.25, 0.3) is 11.0 Å². The Bertz CT molecular complexity index is 441. The van der Waals surface area contributed by atoms with Gasteiger partial charge in [0.25, 0.3) is 0 Å². The number of methoxy groups -OCH3 is 1. The standard InChI is InChI=1S/C9H10IN3O/c1-14-5-4-13-9-6-7(10)2-3-8(9)11-12-13/h2-3,6H,4-5H2,1H3. The van der Waals surface area contributed by atoms with Crippen LogP contribution < -0.4 is 0 Å². The highest BCUT2D eigenvalue weighted by Gasteiger charge is 2.03. The summed E-state index contributed by atoms with van der Waals surface area (Å²) in [7, 11) is 1.68. The van der Waals surface area contributed by atoms with E-state index in [0.29, 0.717) is 6.61 Å². The van der Waals surface area contributed by atoms with Crippen molar-refractivity contribution in [2.75, 3.05) is 13.7 Å². The number of nitrogens with zero attached hydrogens (tertiary/aromatic N) is 3. The maximum atomic E-state index is 5.00. The topological polar surface area (TPSA) is 39.9 Å². The molecule has 74 valence electrons. The first kappa shape index (κ1) is 9.85. The van der Waals surface area contributed by atoms with Gasteiger partial charge in [0.1, 0.15) is 5.52 Å². The fraction of sp³-hybridized carbons (Fsp3) is 0.333. The number of halogens is 1. The van der Waals surface area contributed by atoms with Gasteiger partial charge in [0.05, 0.1) is 18.7 Å². The SMILES string of the molecule is COCCn1nnc2ccc(I)cc21. The van der Waals surface area contributed by atoms with Gasteiger partial charge in [0.2, 0.25) is 0 Å². The zero-order valence-corrected chi connectivity index (χ0v) is 9.93. The summed E-state index contributed by atoms with van der Waals surface area (Å²) >= 11 is 2.28. The lowest BCUT2D eigenvalue weighted by atomic mass is 10.3. The van der Waals surface area contributed by atoms with Crippen molar-refractivity contribution in [2.45, 2.75) is 6.54 Å². The van der Waals surface area contributed by atoms with Gasteiger partial charge in [-0.05, 0) is 40.8 Å². The average molecular weight is 303 g/mol. The number of rotatable bonds is 3. The van der Waals surface area contributed by atoms with E-state index < -0.39 is 0 Å². The number of fused-ring (bicyclic) bond motifs is 1. The van der Waals surface area contributed by atoms with Gasteiger partial charge >= 0.3 is 0 Å². The van der Waals surface area contributed by atoms with E-state index in [-0.39, 0.29) is 0 Å². The highest BCUT2D eigenvalue weighted by molar-refractivity contribution is 14.1. The molecule has 1 aromatic heterocycles. The van der Waals surface area contributed by atoms with Crippen LogP contribution in [0.5, 0.6) is 0 Å². The van der Waals surface area contributed by atoms with E-state index in [1.54, 1.807) is 7.11 Å². The van der Waals surface area contributed by atoms with Gasteiger partial charge in [0.15, 0.2) is 0 Å². The summed E-state index contributed by atoms with van der Waals surface area (Å²) in [5.41, 5.74) is 2.00. The Morgan fingerprint density at radius 3 is 3.14 bits per heavy atom. The van der Waals surface area contributed by atoms with Gasteiger partial charge in [-0.25, -0.2) is 4.68 Å². The first-order valence-electron chi connectivity index (χ1n) is 4.29. The van der Waals surface area contributed by atoms with E-state index in [0.717, 1.165) is 17.6 Å². The van der Waals surface area contributed by atoms with Crippen molar-refractivity contribution in [3.63, 3.8) is 0 Å². The van der Waals surface area contributed by atoms with Gasteiger partial charge in [0, 0.05) is 10.7 Å². The van der Waals surface area contributed by atoms with Crippen LogP contribution in [0, 0.1) is 3.57 Å². The number of hydrogen-bond acceptors (Lipinski definition) is 3. The minimum absolute atomic E-state index is 0.657. The summed E-state index contributed by atoms with van der Waals surface area (Å²) < 4.78 is 8.06. The molecule has 0 unspecified atom stereocenters. The minimum atomic E-state index is 0.657. The molecule has 0 atom stereocenters. The first-order chi connectivity index (χ1) is 6.81. The normalized spacial score (nSPS) is 11.0. The molecule has 1 aromatic carbocycles. The van der Waals surface area contributed by atoms with E-state index in [1.165, 1.54) is 3.57 Å². The molecule has 0 bridgehead atoms. The number of aromatic nitrogens is 3. The largest absolute Gasteiger partial charge is 0.383 e. The Morgan fingerprint density at radius 1 is 1.50 bits per heavy atom. The van der Waals surface area contributed by atoms with Gasteiger partial charge < -0.3 is 4.74 Å². The molecule has 0 saturated carbocycles. The van der Waals surface area contributed by atoms with Crippen LogP contribution in [0.2, 0.25) is 0 Å². The maximum absolute atomic E-state index is 5.00. The molecule has 14 heavy (non-hydrogen) atoms. The predicted octanol–water partition coefficient (Wildman–Crippen LogP) is 1.68. The van der Waals surface area contributed by atoms with E-state index in [9.17, 15) is 0 Å². The van der Waals surface area contributed by atoms with Crippen LogP contribution in [-0.2, 0) is 11.3 Å². The van der Waals surface area contributed by atoms with Crippen molar-refractivity contribution < 1.29 is 4.74 Å². The highest BCUT2D eigenvalue weighted by Crippen LogP contribution is 2.14. The third-order valence-corrected chi connectivity index (χ3v) is 2.65. The summed E-state index contributed by atoms with van der Waals surface area (Å²) in [5, 5.41) is 8.12. The summed E-state index contributed by atoms with van der Waals surface area (Å²) in [5.74, 6) is 0. The lowest BCUT2D eigenvalue weighted by Gasteiger charge is -2.00. The second kappa shape index (κ2) is 4.22. The van der Waals surface area contributed by atoms with Crippen LogP contribution in [0.3, 0.4) is 0 Å². The van der Waals surface area contributed by atoms with Gasteiger partial charge in [-0.2, -0.15) is 0 Å². The van der Waals surface area contributed by atoms with Gasteiger partial charge in [-0.1, -0.05) is 5.21 Å². The monoisotopic (exact) mass is 303 g/mol. The highest BCUT2D eigenvalue weighted by atomic mass is 127. The molecule has 2 aromatic rings. The third kappa shape index (κ3) is 1.88. The molecule has 0 aliphatic rings. The molecular weight excluding hydrogens is 293 g/mol. The van der Waals surface area contributed by atoms with Crippen LogP contribution in [-0.4, -0.2) is 28.7 Å². The van der Waals surface area contributed by atoms with Crippen molar-refractivity contribution in [1.29, 1.82) is 0 Å². The average Bonchev–Trinajstić information content (AvgIpc) is 2.57. The van der Waals surface area contributed by atoms with Crippen LogP contribution in [0.4, 0.5) is 0 Å². The smallest absolute Gasteiger partial charge is 0.113 e. The molecule has 0 saturated heterocycles. The third-order valence-electron chi connectivity index (χ3n) is 1.98. The summed E-state index contributed by atoms with van der Waals surface area (Å²) in [4.78, 5) is 0. The van der Waals surface area contributed by atoms with E-state index >= 15 is 0 Å². The van der Waals surface area contributed by atoms with Gasteiger partial charge in [-0.15, -0.1) is 5.10 Å². The fourth-order valence-electron chi connectivity index (χ4n) is 1.28. The molecule has 0 aliphatic carbocycles. The molecule has 0 radical (unpaired) electrons. The summed E-state index contributed by atoms with van der Waals surface area (Å²) in [6.07, 6.45) is 0. The molecule has 4 nitrogen and oxygen atoms in total. The number of benzene rings is 1. The Morgan fingerprint density at radius 2 is 2.36 bits per heavy atom. The Labute approximate surface area is 95.4 Å². The lowest BCUT2D eigenvalue weighted by Crippen LogP contribution is -2.05. The quantitative estimate of drug-likeness (QED) is 0.810. The Hall–Kier alpha value is -0.690. The molecule has 0 N–H and O–H groups in total. The molecule has 0 spiro atoms. The molecule has 0 amide bonds. The van der Waals surface area contributed by atoms with Crippen molar-refractivity contribution in [3.8, 4) is 0 Å². The zero-order chi connectivity index (χ0) is 9.97. The molecule has 0 aliphatic heterocycles. The second-order valence-corrected chi connectivity index (χ2v) is 4.18. The van der Waals surface area contributed by atoms with E-state index in [2.05, 4.69) is 39.0 Å².